The van der Waals surface area contributed by atoms with Gasteiger partial charge in [-0.05, 0) is 44.0 Å². The summed E-state index contributed by atoms with van der Waals surface area (Å²) < 4.78 is 0. The largest absolute Gasteiger partial charge is 0.375 e. The zero-order valence-corrected chi connectivity index (χ0v) is 10.8. The molecule has 0 atom stereocenters. The van der Waals surface area contributed by atoms with Gasteiger partial charge >= 0.3 is 0 Å². The summed E-state index contributed by atoms with van der Waals surface area (Å²) in [5.41, 5.74) is 1.94. The summed E-state index contributed by atoms with van der Waals surface area (Å²) in [6, 6.07) is 8.33. The Labute approximate surface area is 103 Å². The van der Waals surface area contributed by atoms with Gasteiger partial charge in [-0.1, -0.05) is 0 Å². The van der Waals surface area contributed by atoms with Crippen LogP contribution in [0.4, 0.5) is 5.69 Å². The van der Waals surface area contributed by atoms with Crippen LogP contribution in [0.15, 0.2) is 24.3 Å². The second-order valence-corrected chi connectivity index (χ2v) is 4.71. The van der Waals surface area contributed by atoms with Gasteiger partial charge in [-0.2, -0.15) is 0 Å². The predicted molar refractivity (Wildman–Crippen MR) is 70.5 cm³/mol. The van der Waals surface area contributed by atoms with Crippen LogP contribution in [0.25, 0.3) is 0 Å². The number of hydrogen-bond acceptors (Lipinski definition) is 2. The third-order valence-electron chi connectivity index (χ3n) is 3.44. The van der Waals surface area contributed by atoms with E-state index in [1.54, 1.807) is 0 Å². The van der Waals surface area contributed by atoms with E-state index < -0.39 is 0 Å². The van der Waals surface area contributed by atoms with E-state index >= 15 is 0 Å². The first kappa shape index (κ1) is 12.0. The average molecular weight is 232 g/mol. The van der Waals surface area contributed by atoms with Crippen molar-refractivity contribution in [3.8, 4) is 0 Å². The lowest BCUT2D eigenvalue weighted by molar-refractivity contribution is 0.0785. The van der Waals surface area contributed by atoms with E-state index in [-0.39, 0.29) is 5.91 Å². The molecule has 0 N–H and O–H groups in total. The van der Waals surface area contributed by atoms with E-state index in [1.165, 1.54) is 0 Å². The van der Waals surface area contributed by atoms with Gasteiger partial charge in [0.05, 0.1) is 0 Å². The number of carbonyl (C=O) groups is 1. The number of benzene rings is 1. The molecule has 1 aliphatic carbocycles. The van der Waals surface area contributed by atoms with E-state index in [0.717, 1.165) is 30.6 Å². The second-order valence-electron chi connectivity index (χ2n) is 4.71. The highest BCUT2D eigenvalue weighted by Gasteiger charge is 2.29. The molecule has 0 heterocycles. The molecule has 1 aliphatic rings. The summed E-state index contributed by atoms with van der Waals surface area (Å²) in [5, 5.41) is 0. The molecule has 3 heteroatoms. The maximum absolute atomic E-state index is 12.1. The Morgan fingerprint density at radius 3 is 2.29 bits per heavy atom. The van der Waals surface area contributed by atoms with Gasteiger partial charge < -0.3 is 9.80 Å². The highest BCUT2D eigenvalue weighted by Crippen LogP contribution is 2.27. The summed E-state index contributed by atoms with van der Waals surface area (Å²) in [6.45, 7) is 3.08. The molecule has 0 bridgehead atoms. The number of rotatable bonds is 4. The van der Waals surface area contributed by atoms with Gasteiger partial charge in [0.15, 0.2) is 0 Å². The number of nitrogens with zero attached hydrogens (tertiary/aromatic N) is 2. The van der Waals surface area contributed by atoms with Crippen molar-refractivity contribution < 1.29 is 4.79 Å². The molecule has 0 radical (unpaired) electrons. The van der Waals surface area contributed by atoms with Crippen molar-refractivity contribution in [1.82, 2.24) is 4.90 Å². The molecule has 0 spiro atoms. The minimum absolute atomic E-state index is 0.137. The number of hydrogen-bond donors (Lipinski definition) is 0. The fourth-order valence-electron chi connectivity index (χ4n) is 1.87. The van der Waals surface area contributed by atoms with Crippen molar-refractivity contribution in [3.63, 3.8) is 0 Å². The van der Waals surface area contributed by atoms with Crippen LogP contribution >= 0.6 is 0 Å². The Morgan fingerprint density at radius 1 is 1.24 bits per heavy atom. The van der Waals surface area contributed by atoms with Crippen molar-refractivity contribution in [1.29, 1.82) is 0 Å². The Morgan fingerprint density at radius 2 is 1.82 bits per heavy atom. The zero-order valence-electron chi connectivity index (χ0n) is 10.8. The van der Waals surface area contributed by atoms with Crippen molar-refractivity contribution in [2.24, 2.45) is 0 Å². The zero-order chi connectivity index (χ0) is 12.4. The van der Waals surface area contributed by atoms with E-state index in [4.69, 9.17) is 0 Å². The highest BCUT2D eigenvalue weighted by molar-refractivity contribution is 5.94. The van der Waals surface area contributed by atoms with Crippen molar-refractivity contribution in [2.45, 2.75) is 25.8 Å². The van der Waals surface area contributed by atoms with Gasteiger partial charge in [-0.25, -0.2) is 0 Å². The second kappa shape index (κ2) is 4.78. The summed E-state index contributed by atoms with van der Waals surface area (Å²) in [6.07, 6.45) is 2.30. The molecule has 92 valence electrons. The Kier molecular flexibility index (Phi) is 3.36. The first-order valence-corrected chi connectivity index (χ1v) is 6.22. The van der Waals surface area contributed by atoms with Gasteiger partial charge in [0.25, 0.3) is 5.91 Å². The normalized spacial score (nSPS) is 14.5. The standard InChI is InChI=1S/C14H20N2O/c1-4-15(2)12-7-5-11(6-8-12)14(17)16(3)13-9-10-13/h5-8,13H,4,9-10H2,1-3H3. The summed E-state index contributed by atoms with van der Waals surface area (Å²) in [5.74, 6) is 0.137. The van der Waals surface area contributed by atoms with Crippen LogP contribution in [0.5, 0.6) is 0 Å². The molecule has 17 heavy (non-hydrogen) atoms. The molecule has 3 nitrogen and oxygen atoms in total. The molecule has 0 saturated heterocycles. The third kappa shape index (κ3) is 2.60. The van der Waals surface area contributed by atoms with E-state index in [9.17, 15) is 4.79 Å². The van der Waals surface area contributed by atoms with Gasteiger partial charge in [0, 0.05) is 37.9 Å². The molecule has 0 unspecified atom stereocenters. The third-order valence-corrected chi connectivity index (χ3v) is 3.44. The van der Waals surface area contributed by atoms with Crippen LogP contribution in [-0.2, 0) is 0 Å². The predicted octanol–water partition coefficient (Wildman–Crippen LogP) is 2.38. The maximum Gasteiger partial charge on any atom is 0.253 e. The Hall–Kier alpha value is -1.51. The van der Waals surface area contributed by atoms with Crippen LogP contribution in [0.2, 0.25) is 0 Å². The molecule has 2 rings (SSSR count). The molecule has 1 saturated carbocycles. The molecule has 1 fully saturated rings. The molecule has 1 aromatic carbocycles. The quantitative estimate of drug-likeness (QED) is 0.795. The number of anilines is 1. The number of carbonyl (C=O) groups excluding carboxylic acids is 1. The van der Waals surface area contributed by atoms with E-state index in [1.807, 2.05) is 43.3 Å². The minimum atomic E-state index is 0.137. The van der Waals surface area contributed by atoms with Gasteiger partial charge in [-0.3, -0.25) is 4.79 Å². The summed E-state index contributed by atoms with van der Waals surface area (Å²) in [4.78, 5) is 16.1. The maximum atomic E-state index is 12.1. The monoisotopic (exact) mass is 232 g/mol. The summed E-state index contributed by atoms with van der Waals surface area (Å²) >= 11 is 0. The molecule has 1 aromatic rings. The summed E-state index contributed by atoms with van der Waals surface area (Å²) in [7, 11) is 3.94. The lowest BCUT2D eigenvalue weighted by atomic mass is 10.1. The first-order chi connectivity index (χ1) is 8.13. The van der Waals surface area contributed by atoms with E-state index in [2.05, 4.69) is 11.8 Å². The van der Waals surface area contributed by atoms with Crippen molar-refractivity contribution in [3.05, 3.63) is 29.8 Å². The molecule has 0 aromatic heterocycles. The van der Waals surface area contributed by atoms with Crippen molar-refractivity contribution >= 4 is 11.6 Å². The Balaban J connectivity index is 2.09. The molecule has 0 aliphatic heterocycles. The number of amides is 1. The van der Waals surface area contributed by atoms with E-state index in [0.29, 0.717) is 6.04 Å². The fourth-order valence-corrected chi connectivity index (χ4v) is 1.87. The molecular formula is C14H20N2O. The lowest BCUT2D eigenvalue weighted by Gasteiger charge is -2.19. The van der Waals surface area contributed by atoms with Crippen LogP contribution < -0.4 is 4.90 Å². The van der Waals surface area contributed by atoms with Gasteiger partial charge in [0.1, 0.15) is 0 Å². The molecular weight excluding hydrogens is 212 g/mol. The minimum Gasteiger partial charge on any atom is -0.375 e. The Bertz CT molecular complexity index is 395. The van der Waals surface area contributed by atoms with Crippen molar-refractivity contribution in [2.75, 3.05) is 25.5 Å². The first-order valence-electron chi connectivity index (χ1n) is 6.22. The van der Waals surface area contributed by atoms with Crippen LogP contribution in [0.3, 0.4) is 0 Å². The van der Waals surface area contributed by atoms with Crippen LogP contribution in [0, 0.1) is 0 Å². The topological polar surface area (TPSA) is 23.6 Å². The average Bonchev–Trinajstić information content (AvgIpc) is 3.20. The SMILES string of the molecule is CCN(C)c1ccc(C(=O)N(C)C2CC2)cc1. The van der Waals surface area contributed by atoms with Crippen LogP contribution in [0.1, 0.15) is 30.1 Å². The smallest absolute Gasteiger partial charge is 0.253 e. The van der Waals surface area contributed by atoms with Gasteiger partial charge in [0.2, 0.25) is 0 Å². The highest BCUT2D eigenvalue weighted by atomic mass is 16.2. The fraction of sp³-hybridized carbons (Fsp3) is 0.500. The van der Waals surface area contributed by atoms with Crippen LogP contribution in [-0.4, -0.2) is 37.5 Å². The molecule has 1 amide bonds. The van der Waals surface area contributed by atoms with Gasteiger partial charge in [-0.15, -0.1) is 0 Å². The lowest BCUT2D eigenvalue weighted by Crippen LogP contribution is -2.28.